The third kappa shape index (κ3) is 2.58. The largest absolute Gasteiger partial charge is 0.352 e. The van der Waals surface area contributed by atoms with E-state index in [0.717, 1.165) is 25.7 Å². The molecule has 0 saturated heterocycles. The fraction of sp³-hybridized carbons (Fsp3) is 0.857. The topological polar surface area (TPSA) is 55.1 Å². The second-order valence-electron chi connectivity index (χ2n) is 2.92. The number of urea groups is 1. The number of hydrogen-bond acceptors (Lipinski definition) is 1. The van der Waals surface area contributed by atoms with Gasteiger partial charge in [-0.25, -0.2) is 4.79 Å². The van der Waals surface area contributed by atoms with E-state index in [9.17, 15) is 4.79 Å². The molecule has 11 heavy (non-hydrogen) atoms. The Morgan fingerprint density at radius 2 is 2.09 bits per heavy atom. The zero-order valence-corrected chi connectivity index (χ0v) is 7.10. The van der Waals surface area contributed by atoms with E-state index in [-0.39, 0.29) is 11.4 Å². The van der Waals surface area contributed by atoms with Crippen LogP contribution < -0.4 is 11.1 Å². The van der Waals surface area contributed by atoms with Crippen LogP contribution in [0, 0.1) is 0 Å². The maximum Gasteiger partial charge on any atom is 0.312 e. The summed E-state index contributed by atoms with van der Waals surface area (Å²) in [7, 11) is 0. The summed E-state index contributed by atoms with van der Waals surface area (Å²) in [5.74, 6) is 0. The molecule has 0 aliphatic heterocycles. The van der Waals surface area contributed by atoms with E-state index in [1.165, 1.54) is 0 Å². The number of alkyl halides is 1. The van der Waals surface area contributed by atoms with Gasteiger partial charge < -0.3 is 11.1 Å². The minimum absolute atomic E-state index is 0.0660. The van der Waals surface area contributed by atoms with Gasteiger partial charge in [-0.05, 0) is 12.8 Å². The van der Waals surface area contributed by atoms with Gasteiger partial charge in [0.25, 0.3) is 0 Å². The van der Waals surface area contributed by atoms with E-state index in [1.54, 1.807) is 0 Å². The Hall–Kier alpha value is -0.440. The zero-order chi connectivity index (χ0) is 8.27. The molecule has 2 atom stereocenters. The molecule has 1 aliphatic carbocycles. The molecule has 1 rings (SSSR count). The Bertz CT molecular complexity index is 151. The van der Waals surface area contributed by atoms with Gasteiger partial charge in [0.15, 0.2) is 0 Å². The van der Waals surface area contributed by atoms with Crippen molar-refractivity contribution in [3.05, 3.63) is 0 Å². The van der Waals surface area contributed by atoms with E-state index >= 15 is 0 Å². The van der Waals surface area contributed by atoms with Crippen molar-refractivity contribution in [1.82, 2.24) is 5.32 Å². The van der Waals surface area contributed by atoms with Crippen molar-refractivity contribution in [2.24, 2.45) is 5.73 Å². The average Bonchev–Trinajstić information content (AvgIpc) is 1.93. The van der Waals surface area contributed by atoms with Crippen LogP contribution >= 0.6 is 11.6 Å². The maximum absolute atomic E-state index is 10.5. The summed E-state index contributed by atoms with van der Waals surface area (Å²) in [5.41, 5.74) is 4.98. The molecule has 2 unspecified atom stereocenters. The Kier molecular flexibility index (Phi) is 3.00. The van der Waals surface area contributed by atoms with Gasteiger partial charge in [0, 0.05) is 6.04 Å². The molecule has 0 aromatic heterocycles. The van der Waals surface area contributed by atoms with Crippen LogP contribution in [0.5, 0.6) is 0 Å². The summed E-state index contributed by atoms with van der Waals surface area (Å²) in [6, 6.07) is -0.384. The molecule has 64 valence electrons. The minimum atomic E-state index is -0.470. The van der Waals surface area contributed by atoms with Crippen LogP contribution in [0.1, 0.15) is 25.7 Å². The lowest BCUT2D eigenvalue weighted by Gasteiger charge is -2.26. The first-order valence-corrected chi connectivity index (χ1v) is 4.34. The molecule has 0 spiro atoms. The summed E-state index contributed by atoms with van der Waals surface area (Å²) in [6.45, 7) is 0. The number of carbonyl (C=O) groups excluding carboxylic acids is 1. The standard InChI is InChI=1S/C7H13ClN2O/c8-5-3-1-2-4-6(5)10-7(9)11/h5-6H,1-4H2,(H3,9,10,11). The third-order valence-electron chi connectivity index (χ3n) is 2.01. The van der Waals surface area contributed by atoms with Gasteiger partial charge in [0.05, 0.1) is 5.38 Å². The minimum Gasteiger partial charge on any atom is -0.352 e. The number of nitrogens with one attached hydrogen (secondary N) is 1. The monoisotopic (exact) mass is 176 g/mol. The first kappa shape index (κ1) is 8.65. The summed E-state index contributed by atoms with van der Waals surface area (Å²) in [5, 5.41) is 2.70. The smallest absolute Gasteiger partial charge is 0.312 e. The molecule has 0 aromatic rings. The highest BCUT2D eigenvalue weighted by atomic mass is 35.5. The normalized spacial score (nSPS) is 31.4. The number of amides is 2. The molecule has 3 nitrogen and oxygen atoms in total. The summed E-state index contributed by atoms with van der Waals surface area (Å²) in [6.07, 6.45) is 4.23. The molecule has 1 fully saturated rings. The van der Waals surface area contributed by atoms with Gasteiger partial charge >= 0.3 is 6.03 Å². The van der Waals surface area contributed by atoms with Crippen LogP contribution in [-0.2, 0) is 0 Å². The van der Waals surface area contributed by atoms with Crippen LogP contribution in [-0.4, -0.2) is 17.5 Å². The molecule has 0 bridgehead atoms. The third-order valence-corrected chi connectivity index (χ3v) is 2.53. The molecule has 0 radical (unpaired) electrons. The lowest BCUT2D eigenvalue weighted by Crippen LogP contribution is -2.45. The average molecular weight is 177 g/mol. The lowest BCUT2D eigenvalue weighted by molar-refractivity contribution is 0.241. The Morgan fingerprint density at radius 3 is 2.64 bits per heavy atom. The fourth-order valence-corrected chi connectivity index (χ4v) is 1.77. The van der Waals surface area contributed by atoms with Gasteiger partial charge in [-0.2, -0.15) is 0 Å². The Labute approximate surface area is 71.3 Å². The quantitative estimate of drug-likeness (QED) is 0.580. The van der Waals surface area contributed by atoms with Crippen molar-refractivity contribution in [3.8, 4) is 0 Å². The second kappa shape index (κ2) is 3.81. The highest BCUT2D eigenvalue weighted by Gasteiger charge is 2.23. The maximum atomic E-state index is 10.5. The van der Waals surface area contributed by atoms with Crippen molar-refractivity contribution in [2.45, 2.75) is 37.1 Å². The Balaban J connectivity index is 2.35. The van der Waals surface area contributed by atoms with Crippen molar-refractivity contribution in [1.29, 1.82) is 0 Å². The van der Waals surface area contributed by atoms with Crippen LogP contribution in [0.3, 0.4) is 0 Å². The van der Waals surface area contributed by atoms with Gasteiger partial charge in [-0.1, -0.05) is 12.8 Å². The fourth-order valence-electron chi connectivity index (χ4n) is 1.43. The Morgan fingerprint density at radius 1 is 1.45 bits per heavy atom. The summed E-state index contributed by atoms with van der Waals surface area (Å²) >= 11 is 5.96. The molecule has 3 N–H and O–H groups in total. The molecule has 1 aliphatic rings. The molecular formula is C7H13ClN2O. The van der Waals surface area contributed by atoms with Crippen molar-refractivity contribution in [2.75, 3.05) is 0 Å². The molecular weight excluding hydrogens is 164 g/mol. The van der Waals surface area contributed by atoms with Crippen LogP contribution in [0.2, 0.25) is 0 Å². The van der Waals surface area contributed by atoms with Gasteiger partial charge in [-0.15, -0.1) is 11.6 Å². The van der Waals surface area contributed by atoms with Crippen molar-refractivity contribution < 1.29 is 4.79 Å². The predicted molar refractivity (Wildman–Crippen MR) is 44.6 cm³/mol. The van der Waals surface area contributed by atoms with E-state index < -0.39 is 6.03 Å². The highest BCUT2D eigenvalue weighted by Crippen LogP contribution is 2.22. The number of rotatable bonds is 1. The summed E-state index contributed by atoms with van der Waals surface area (Å²) < 4.78 is 0. The molecule has 0 aromatic carbocycles. The van der Waals surface area contributed by atoms with Gasteiger partial charge in [-0.3, -0.25) is 0 Å². The van der Waals surface area contributed by atoms with Gasteiger partial charge in [0.1, 0.15) is 0 Å². The van der Waals surface area contributed by atoms with Crippen molar-refractivity contribution >= 4 is 17.6 Å². The first-order valence-electron chi connectivity index (χ1n) is 3.90. The second-order valence-corrected chi connectivity index (χ2v) is 3.48. The number of carbonyl (C=O) groups is 1. The molecule has 4 heteroatoms. The van der Waals surface area contributed by atoms with E-state index in [4.69, 9.17) is 17.3 Å². The number of halogens is 1. The number of primary amides is 1. The molecule has 1 saturated carbocycles. The summed E-state index contributed by atoms with van der Waals surface area (Å²) in [4.78, 5) is 10.5. The zero-order valence-electron chi connectivity index (χ0n) is 6.35. The first-order chi connectivity index (χ1) is 5.20. The van der Waals surface area contributed by atoms with E-state index in [2.05, 4.69) is 5.32 Å². The SMILES string of the molecule is NC(=O)NC1CCCCC1Cl. The van der Waals surface area contributed by atoms with Crippen LogP contribution in [0.15, 0.2) is 0 Å². The van der Waals surface area contributed by atoms with E-state index in [0.29, 0.717) is 0 Å². The highest BCUT2D eigenvalue weighted by molar-refractivity contribution is 6.21. The number of nitrogens with two attached hydrogens (primary N) is 1. The molecule has 2 amide bonds. The van der Waals surface area contributed by atoms with Crippen LogP contribution in [0.25, 0.3) is 0 Å². The van der Waals surface area contributed by atoms with Crippen molar-refractivity contribution in [3.63, 3.8) is 0 Å². The number of hydrogen-bond donors (Lipinski definition) is 2. The van der Waals surface area contributed by atoms with E-state index in [1.807, 2.05) is 0 Å². The van der Waals surface area contributed by atoms with Gasteiger partial charge in [0.2, 0.25) is 0 Å². The molecule has 0 heterocycles. The van der Waals surface area contributed by atoms with Crippen LogP contribution in [0.4, 0.5) is 4.79 Å². The predicted octanol–water partition coefficient (Wildman–Crippen LogP) is 1.20. The lowest BCUT2D eigenvalue weighted by atomic mass is 9.95.